The van der Waals surface area contributed by atoms with Crippen molar-refractivity contribution in [3.05, 3.63) is 30.5 Å². The fourth-order valence-electron chi connectivity index (χ4n) is 5.14. The van der Waals surface area contributed by atoms with Crippen LogP contribution in [-0.4, -0.2) is 64.8 Å². The minimum atomic E-state index is -4.17. The molecule has 1 aliphatic carbocycles. The fraction of sp³-hybridized carbons (Fsp3) is 0.577. The van der Waals surface area contributed by atoms with Gasteiger partial charge in [0.15, 0.2) is 5.65 Å². The van der Waals surface area contributed by atoms with E-state index in [-0.39, 0.29) is 19.0 Å². The SMILES string of the molecule is N[C@H]1CC[C@H](Cn2nc(-c3ccc(N4CCOCC4)cc3)c3cnc(NCCCC(F)(F)F)nc32)CC1. The molecule has 3 heterocycles. The monoisotopic (exact) mass is 517 g/mol. The lowest BCUT2D eigenvalue weighted by Gasteiger charge is -2.28. The Morgan fingerprint density at radius 3 is 2.49 bits per heavy atom. The molecule has 3 N–H and O–H groups in total. The van der Waals surface area contributed by atoms with E-state index in [2.05, 4.69) is 44.5 Å². The van der Waals surface area contributed by atoms with Crippen LogP contribution < -0.4 is 16.0 Å². The van der Waals surface area contributed by atoms with Gasteiger partial charge in [0.2, 0.25) is 5.95 Å². The molecule has 1 saturated heterocycles. The normalized spacial score (nSPS) is 20.9. The molecule has 0 bridgehead atoms. The van der Waals surface area contributed by atoms with Crippen molar-refractivity contribution in [2.24, 2.45) is 11.7 Å². The summed E-state index contributed by atoms with van der Waals surface area (Å²) in [5, 5.41) is 8.73. The Bertz CT molecular complexity index is 1170. The molecule has 2 aromatic heterocycles. The van der Waals surface area contributed by atoms with Gasteiger partial charge in [0.25, 0.3) is 0 Å². The van der Waals surface area contributed by atoms with Crippen LogP contribution in [-0.2, 0) is 11.3 Å². The maximum atomic E-state index is 12.5. The summed E-state index contributed by atoms with van der Waals surface area (Å²) in [4.78, 5) is 11.4. The van der Waals surface area contributed by atoms with Gasteiger partial charge in [-0.15, -0.1) is 0 Å². The van der Waals surface area contributed by atoms with Crippen LogP contribution in [0.3, 0.4) is 0 Å². The summed E-state index contributed by atoms with van der Waals surface area (Å²) in [6.07, 6.45) is 0.766. The highest BCUT2D eigenvalue weighted by Gasteiger charge is 2.26. The van der Waals surface area contributed by atoms with E-state index in [4.69, 9.17) is 15.6 Å². The van der Waals surface area contributed by atoms with Crippen LogP contribution in [0.15, 0.2) is 30.5 Å². The first-order valence-corrected chi connectivity index (χ1v) is 13.1. The smallest absolute Gasteiger partial charge is 0.378 e. The second kappa shape index (κ2) is 11.2. The molecule has 1 aliphatic heterocycles. The standard InChI is InChI=1S/C26H34F3N7O/c27-26(28,29)10-1-11-31-25-32-16-22-23(19-4-8-21(9-5-19)35-12-14-37-15-13-35)34-36(24(22)33-25)17-18-2-6-20(30)7-3-18/h4-5,8-9,16,18,20H,1-3,6-7,10-15,17,30H2,(H,31,32,33)/t18-,20-. The fourth-order valence-corrected chi connectivity index (χ4v) is 5.14. The van der Waals surface area contributed by atoms with Crippen LogP contribution in [0.1, 0.15) is 38.5 Å². The average Bonchev–Trinajstić information content (AvgIpc) is 3.25. The highest BCUT2D eigenvalue weighted by atomic mass is 19.4. The predicted molar refractivity (Wildman–Crippen MR) is 138 cm³/mol. The number of nitrogens with zero attached hydrogens (tertiary/aromatic N) is 5. The number of halogens is 3. The number of rotatable bonds is 8. The highest BCUT2D eigenvalue weighted by Crippen LogP contribution is 2.31. The molecule has 0 unspecified atom stereocenters. The van der Waals surface area contributed by atoms with Gasteiger partial charge in [-0.3, -0.25) is 0 Å². The zero-order valence-electron chi connectivity index (χ0n) is 20.9. The summed E-state index contributed by atoms with van der Waals surface area (Å²) < 4.78 is 44.9. The number of nitrogens with one attached hydrogen (secondary N) is 1. The van der Waals surface area contributed by atoms with E-state index in [1.54, 1.807) is 6.20 Å². The summed E-state index contributed by atoms with van der Waals surface area (Å²) in [5.41, 5.74) is 9.72. The van der Waals surface area contributed by atoms with Gasteiger partial charge < -0.3 is 20.7 Å². The number of aromatic nitrogens is 4. The molecule has 200 valence electrons. The van der Waals surface area contributed by atoms with Gasteiger partial charge in [-0.25, -0.2) is 9.67 Å². The Morgan fingerprint density at radius 2 is 1.78 bits per heavy atom. The molecule has 8 nitrogen and oxygen atoms in total. The van der Waals surface area contributed by atoms with Gasteiger partial charge in [0.1, 0.15) is 5.69 Å². The van der Waals surface area contributed by atoms with Gasteiger partial charge in [0.05, 0.1) is 18.6 Å². The summed E-state index contributed by atoms with van der Waals surface area (Å²) in [6.45, 7) is 4.07. The Morgan fingerprint density at radius 1 is 1.05 bits per heavy atom. The zero-order chi connectivity index (χ0) is 25.8. The van der Waals surface area contributed by atoms with Gasteiger partial charge in [-0.1, -0.05) is 12.1 Å². The van der Waals surface area contributed by atoms with E-state index in [1.165, 1.54) is 0 Å². The first-order valence-electron chi connectivity index (χ1n) is 13.1. The lowest BCUT2D eigenvalue weighted by molar-refractivity contribution is -0.134. The summed E-state index contributed by atoms with van der Waals surface area (Å²) >= 11 is 0. The van der Waals surface area contributed by atoms with Crippen LogP contribution in [0, 0.1) is 5.92 Å². The molecule has 1 aromatic carbocycles. The van der Waals surface area contributed by atoms with Crippen molar-refractivity contribution in [3.63, 3.8) is 0 Å². The van der Waals surface area contributed by atoms with E-state index in [0.29, 0.717) is 17.5 Å². The van der Waals surface area contributed by atoms with E-state index in [9.17, 15) is 13.2 Å². The molecule has 1 saturated carbocycles. The number of benzene rings is 1. The zero-order valence-corrected chi connectivity index (χ0v) is 20.9. The average molecular weight is 518 g/mol. The quantitative estimate of drug-likeness (QED) is 0.422. The van der Waals surface area contributed by atoms with Crippen molar-refractivity contribution in [1.29, 1.82) is 0 Å². The first-order chi connectivity index (χ1) is 17.9. The van der Waals surface area contributed by atoms with E-state index < -0.39 is 12.6 Å². The van der Waals surface area contributed by atoms with E-state index in [0.717, 1.165) is 80.9 Å². The molecule has 2 fully saturated rings. The summed E-state index contributed by atoms with van der Waals surface area (Å²) in [7, 11) is 0. The summed E-state index contributed by atoms with van der Waals surface area (Å²) in [5.74, 6) is 0.772. The van der Waals surface area contributed by atoms with E-state index >= 15 is 0 Å². The Kier molecular flexibility index (Phi) is 7.80. The minimum absolute atomic E-state index is 0.0345. The molecule has 5 rings (SSSR count). The number of hydrogen-bond donors (Lipinski definition) is 2. The third-order valence-corrected chi connectivity index (χ3v) is 7.25. The topological polar surface area (TPSA) is 94.1 Å². The van der Waals surface area contributed by atoms with Gasteiger partial charge in [-0.05, 0) is 50.2 Å². The first kappa shape index (κ1) is 25.7. The molecule has 3 aromatic rings. The van der Waals surface area contributed by atoms with Gasteiger partial charge in [0, 0.05) is 56.1 Å². The van der Waals surface area contributed by atoms with Crippen LogP contribution >= 0.6 is 0 Å². The maximum absolute atomic E-state index is 12.5. The Balaban J connectivity index is 1.39. The largest absolute Gasteiger partial charge is 0.389 e. The van der Waals surface area contributed by atoms with Crippen LogP contribution in [0.5, 0.6) is 0 Å². The molecule has 0 spiro atoms. The number of ether oxygens (including phenoxy) is 1. The predicted octanol–water partition coefficient (Wildman–Crippen LogP) is 4.60. The van der Waals surface area contributed by atoms with Gasteiger partial charge in [-0.2, -0.15) is 23.3 Å². The minimum Gasteiger partial charge on any atom is -0.378 e. The number of morpholine rings is 1. The van der Waals surface area contributed by atoms with Crippen molar-refractivity contribution in [3.8, 4) is 11.3 Å². The number of anilines is 2. The molecule has 11 heteroatoms. The van der Waals surface area contributed by atoms with E-state index in [1.807, 2.05) is 4.68 Å². The highest BCUT2D eigenvalue weighted by molar-refractivity contribution is 5.91. The second-order valence-electron chi connectivity index (χ2n) is 10.0. The molecule has 37 heavy (non-hydrogen) atoms. The third-order valence-electron chi connectivity index (χ3n) is 7.25. The van der Waals surface area contributed by atoms with Crippen LogP contribution in [0.2, 0.25) is 0 Å². The Labute approximate surface area is 214 Å². The lowest BCUT2D eigenvalue weighted by Crippen LogP contribution is -2.36. The maximum Gasteiger partial charge on any atom is 0.389 e. The van der Waals surface area contributed by atoms with Crippen molar-refractivity contribution in [2.45, 2.75) is 57.3 Å². The molecule has 2 aliphatic rings. The van der Waals surface area contributed by atoms with Crippen molar-refractivity contribution in [2.75, 3.05) is 43.1 Å². The third kappa shape index (κ3) is 6.51. The summed E-state index contributed by atoms with van der Waals surface area (Å²) in [6, 6.07) is 8.61. The van der Waals surface area contributed by atoms with Crippen LogP contribution in [0.25, 0.3) is 22.3 Å². The van der Waals surface area contributed by atoms with Crippen LogP contribution in [0.4, 0.5) is 24.8 Å². The number of hydrogen-bond acceptors (Lipinski definition) is 7. The van der Waals surface area contributed by atoms with Crippen molar-refractivity contribution < 1.29 is 17.9 Å². The second-order valence-corrected chi connectivity index (χ2v) is 10.0. The van der Waals surface area contributed by atoms with Gasteiger partial charge >= 0.3 is 6.18 Å². The molecule has 0 amide bonds. The number of nitrogens with two attached hydrogens (primary N) is 1. The van der Waals surface area contributed by atoms with Crippen molar-refractivity contribution in [1.82, 2.24) is 19.7 Å². The molecular weight excluding hydrogens is 483 g/mol. The van der Waals surface area contributed by atoms with Crippen molar-refractivity contribution >= 4 is 22.7 Å². The molecular formula is C26H34F3N7O. The molecule has 0 atom stereocenters. The number of fused-ring (bicyclic) bond motifs is 1. The Hall–Kier alpha value is -2.92. The molecule has 0 radical (unpaired) electrons. The number of alkyl halides is 3. The lowest BCUT2D eigenvalue weighted by atomic mass is 9.86.